The highest BCUT2D eigenvalue weighted by Gasteiger charge is 2.39. The molecule has 1 aliphatic rings. The fraction of sp³-hybridized carbons (Fsp3) is 0.875. The minimum atomic E-state index is -0.743. The molecule has 1 rings (SSSR count). The third-order valence-electron chi connectivity index (χ3n) is 1.78. The predicted molar refractivity (Wildman–Crippen MR) is 42.3 cm³/mol. The summed E-state index contributed by atoms with van der Waals surface area (Å²) in [6.45, 7) is 4.40. The van der Waals surface area contributed by atoms with Crippen LogP contribution in [0.2, 0.25) is 0 Å². The zero-order valence-corrected chi connectivity index (χ0v) is 7.87. The molecule has 0 aromatic heterocycles. The van der Waals surface area contributed by atoms with Gasteiger partial charge < -0.3 is 4.74 Å². The van der Waals surface area contributed by atoms with Gasteiger partial charge >= 0.3 is 5.97 Å². The van der Waals surface area contributed by atoms with Gasteiger partial charge in [0.05, 0.1) is 6.61 Å². The lowest BCUT2D eigenvalue weighted by Gasteiger charge is -2.28. The predicted octanol–water partition coefficient (Wildman–Crippen LogP) is 0.839. The van der Waals surface area contributed by atoms with Crippen LogP contribution in [0.4, 0.5) is 0 Å². The first-order valence-corrected chi connectivity index (χ1v) is 4.27. The maximum absolute atomic E-state index is 11.4. The van der Waals surface area contributed by atoms with Gasteiger partial charge in [0.25, 0.3) is 0 Å². The molecule has 0 aliphatic carbocycles. The van der Waals surface area contributed by atoms with E-state index < -0.39 is 5.41 Å². The Bertz CT molecular complexity index is 173. The quantitative estimate of drug-likeness (QED) is 0.487. The van der Waals surface area contributed by atoms with Crippen LogP contribution in [0.5, 0.6) is 0 Å². The van der Waals surface area contributed by atoms with Gasteiger partial charge in [-0.25, -0.2) is 9.78 Å². The molecule has 1 aliphatic heterocycles. The van der Waals surface area contributed by atoms with Crippen LogP contribution < -0.4 is 0 Å². The second-order valence-corrected chi connectivity index (χ2v) is 3.29. The van der Waals surface area contributed by atoms with Gasteiger partial charge in [-0.2, -0.15) is 0 Å². The molecule has 0 N–H and O–H groups in total. The van der Waals surface area contributed by atoms with Crippen LogP contribution in [0.3, 0.4) is 0 Å². The molecular formula is C8H14O5. The summed E-state index contributed by atoms with van der Waals surface area (Å²) in [5, 5.41) is 4.21. The number of hydrogen-bond acceptors (Lipinski definition) is 5. The third-order valence-corrected chi connectivity index (χ3v) is 1.78. The molecule has 1 saturated heterocycles. The van der Waals surface area contributed by atoms with Crippen LogP contribution in [0.15, 0.2) is 0 Å². The first-order chi connectivity index (χ1) is 6.19. The maximum atomic E-state index is 11.4. The Morgan fingerprint density at radius 2 is 2.08 bits per heavy atom. The Hall–Kier alpha value is -0.650. The van der Waals surface area contributed by atoms with Crippen molar-refractivity contribution in [2.75, 3.05) is 19.8 Å². The molecule has 0 aromatic carbocycles. The Labute approximate surface area is 76.8 Å². The summed E-state index contributed by atoms with van der Waals surface area (Å²) in [7, 11) is 0. The standard InChI is InChI=1S/C8H14O5/c1-3-4-10-7(9)8(2)5-11-13-12-6-8/h3-6H2,1-2H3. The summed E-state index contributed by atoms with van der Waals surface area (Å²) in [4.78, 5) is 20.6. The van der Waals surface area contributed by atoms with E-state index in [4.69, 9.17) is 4.74 Å². The second kappa shape index (κ2) is 4.55. The fourth-order valence-corrected chi connectivity index (χ4v) is 0.871. The van der Waals surface area contributed by atoms with Crippen molar-refractivity contribution in [3.8, 4) is 0 Å². The third kappa shape index (κ3) is 2.65. The van der Waals surface area contributed by atoms with Crippen molar-refractivity contribution in [2.24, 2.45) is 5.41 Å². The molecule has 0 radical (unpaired) electrons. The molecule has 5 heteroatoms. The van der Waals surface area contributed by atoms with E-state index in [2.05, 4.69) is 14.8 Å². The van der Waals surface area contributed by atoms with Gasteiger partial charge in [0.15, 0.2) is 0 Å². The van der Waals surface area contributed by atoms with E-state index in [-0.39, 0.29) is 19.2 Å². The van der Waals surface area contributed by atoms with Gasteiger partial charge in [-0.1, -0.05) is 12.0 Å². The molecule has 76 valence electrons. The van der Waals surface area contributed by atoms with Crippen molar-refractivity contribution in [1.82, 2.24) is 0 Å². The molecule has 0 atom stereocenters. The molecule has 0 amide bonds. The smallest absolute Gasteiger partial charge is 0.316 e. The van der Waals surface area contributed by atoms with Gasteiger partial charge in [0, 0.05) is 0 Å². The largest absolute Gasteiger partial charge is 0.465 e. The zero-order valence-electron chi connectivity index (χ0n) is 7.87. The van der Waals surface area contributed by atoms with Crippen LogP contribution >= 0.6 is 0 Å². The summed E-state index contributed by atoms with van der Waals surface area (Å²) in [5.41, 5.74) is -0.743. The Kier molecular flexibility index (Phi) is 3.65. The van der Waals surface area contributed by atoms with Gasteiger partial charge in [-0.15, -0.1) is 0 Å². The molecule has 0 bridgehead atoms. The second-order valence-electron chi connectivity index (χ2n) is 3.29. The van der Waals surface area contributed by atoms with E-state index in [9.17, 15) is 4.79 Å². The minimum absolute atomic E-state index is 0.162. The number of hydrogen-bond donors (Lipinski definition) is 0. The maximum Gasteiger partial charge on any atom is 0.316 e. The summed E-state index contributed by atoms with van der Waals surface area (Å²) in [6.07, 6.45) is 0.806. The van der Waals surface area contributed by atoms with Crippen LogP contribution in [-0.4, -0.2) is 25.8 Å². The molecular weight excluding hydrogens is 176 g/mol. The van der Waals surface area contributed by atoms with Gasteiger partial charge in [-0.05, 0) is 13.3 Å². The van der Waals surface area contributed by atoms with Crippen molar-refractivity contribution in [1.29, 1.82) is 0 Å². The monoisotopic (exact) mass is 190 g/mol. The average molecular weight is 190 g/mol. The lowest BCUT2D eigenvalue weighted by atomic mass is 9.93. The summed E-state index contributed by atoms with van der Waals surface area (Å²) in [5.74, 6) is -0.308. The molecule has 0 aromatic rings. The van der Waals surface area contributed by atoms with Crippen molar-refractivity contribution in [3.05, 3.63) is 0 Å². The van der Waals surface area contributed by atoms with E-state index in [1.165, 1.54) is 0 Å². The van der Waals surface area contributed by atoms with Crippen LogP contribution in [0.25, 0.3) is 0 Å². The van der Waals surface area contributed by atoms with Crippen molar-refractivity contribution < 1.29 is 24.3 Å². The summed E-state index contributed by atoms with van der Waals surface area (Å²) >= 11 is 0. The lowest BCUT2D eigenvalue weighted by molar-refractivity contribution is -0.546. The Morgan fingerprint density at radius 3 is 2.62 bits per heavy atom. The Morgan fingerprint density at radius 1 is 1.46 bits per heavy atom. The highest BCUT2D eigenvalue weighted by Crippen LogP contribution is 2.23. The van der Waals surface area contributed by atoms with E-state index in [0.29, 0.717) is 6.61 Å². The zero-order chi connectivity index (χ0) is 9.73. The van der Waals surface area contributed by atoms with Crippen LogP contribution in [0.1, 0.15) is 20.3 Å². The molecule has 0 saturated carbocycles. The number of carbonyl (C=O) groups is 1. The van der Waals surface area contributed by atoms with E-state index in [0.717, 1.165) is 6.42 Å². The lowest BCUT2D eigenvalue weighted by Crippen LogP contribution is -2.42. The molecule has 0 unspecified atom stereocenters. The molecule has 1 fully saturated rings. The Balaban J connectivity index is 2.42. The van der Waals surface area contributed by atoms with Crippen molar-refractivity contribution >= 4 is 5.97 Å². The summed E-state index contributed by atoms with van der Waals surface area (Å²) in [6, 6.07) is 0. The van der Waals surface area contributed by atoms with E-state index in [1.54, 1.807) is 6.92 Å². The molecule has 0 spiro atoms. The van der Waals surface area contributed by atoms with E-state index in [1.807, 2.05) is 6.92 Å². The van der Waals surface area contributed by atoms with E-state index >= 15 is 0 Å². The van der Waals surface area contributed by atoms with Crippen molar-refractivity contribution in [3.63, 3.8) is 0 Å². The number of ether oxygens (including phenoxy) is 1. The van der Waals surface area contributed by atoms with Crippen molar-refractivity contribution in [2.45, 2.75) is 20.3 Å². The first-order valence-electron chi connectivity index (χ1n) is 4.27. The molecule has 13 heavy (non-hydrogen) atoms. The van der Waals surface area contributed by atoms with Crippen LogP contribution in [-0.2, 0) is 24.3 Å². The normalized spacial score (nSPS) is 21.1. The molecule has 1 heterocycles. The highest BCUT2D eigenvalue weighted by atomic mass is 17.5. The number of rotatable bonds is 3. The topological polar surface area (TPSA) is 54.0 Å². The van der Waals surface area contributed by atoms with Crippen LogP contribution in [0, 0.1) is 5.41 Å². The highest BCUT2D eigenvalue weighted by molar-refractivity contribution is 5.76. The van der Waals surface area contributed by atoms with Gasteiger partial charge in [0.1, 0.15) is 18.6 Å². The average Bonchev–Trinajstić information content (AvgIpc) is 2.15. The van der Waals surface area contributed by atoms with Gasteiger partial charge in [-0.3, -0.25) is 4.79 Å². The first kappa shape index (κ1) is 10.4. The number of carbonyl (C=O) groups excluding carboxylic acids is 1. The number of esters is 1. The summed E-state index contributed by atoms with van der Waals surface area (Å²) < 4.78 is 4.98. The van der Waals surface area contributed by atoms with Gasteiger partial charge in [0.2, 0.25) is 0 Å². The fourth-order valence-electron chi connectivity index (χ4n) is 0.871. The molecule has 5 nitrogen and oxygen atoms in total. The SMILES string of the molecule is CCCOC(=O)C1(C)COOOC1. The minimum Gasteiger partial charge on any atom is -0.465 e.